The van der Waals surface area contributed by atoms with E-state index in [-0.39, 0.29) is 19.3 Å². The summed E-state index contributed by atoms with van der Waals surface area (Å²) in [6.07, 6.45) is 96.7. The maximum Gasteiger partial charge on any atom is 0.472 e. The lowest BCUT2D eigenvalue weighted by atomic mass is 10.0. The fourth-order valence-electron chi connectivity index (χ4n) is 11.0. The Kier molecular flexibility index (Phi) is 76.0. The second-order valence-corrected chi connectivity index (χ2v) is 30.4. The van der Waals surface area contributed by atoms with Crippen LogP contribution in [0.5, 0.6) is 0 Å². The van der Waals surface area contributed by atoms with Gasteiger partial charge >= 0.3 is 33.6 Å². The van der Waals surface area contributed by atoms with Crippen LogP contribution in [0.15, 0.2) is 134 Å². The van der Waals surface area contributed by atoms with Crippen LogP contribution in [0.3, 0.4) is 0 Å². The average Bonchev–Trinajstić information content (AvgIpc) is 0.936. The van der Waals surface area contributed by atoms with E-state index in [4.69, 9.17) is 32.3 Å². The van der Waals surface area contributed by atoms with E-state index >= 15 is 0 Å². The van der Waals surface area contributed by atoms with Gasteiger partial charge in [-0.05, 0) is 135 Å². The van der Waals surface area contributed by atoms with Gasteiger partial charge in [0.25, 0.3) is 0 Å². The van der Waals surface area contributed by atoms with Crippen molar-refractivity contribution in [2.45, 2.75) is 360 Å². The number of hydrogen-bond acceptors (Lipinski definition) is 14. The molecule has 0 aliphatic carbocycles. The number of esters is 3. The smallest absolute Gasteiger partial charge is 0.463 e. The molecule has 0 heterocycles. The third kappa shape index (κ3) is 80.5. The van der Waals surface area contributed by atoms with Crippen LogP contribution >= 0.6 is 15.6 Å². The Morgan fingerprint density at radius 2 is 0.514 bits per heavy atom. The SMILES string of the molecule is CC/C=C\C/C=C\C/C=C\C/C=C\C/C=C\C/C=C\CCCCCCCCC(=O)OCC(COP(=O)(O)OCC(O)COP(=O)(O)OCC(O)COC(=O)CCCCCCCCCCCCCCCCCCC/C=C\C/C=C\C/C=C\C/C=C\CCCCC)OC(=O)CCCCCCC/C=C\CCCC. The molecule has 0 aromatic rings. The number of phosphoric ester groups is 2. The van der Waals surface area contributed by atoms with Gasteiger partial charge in [0.1, 0.15) is 25.4 Å². The molecule has 0 amide bonds. The summed E-state index contributed by atoms with van der Waals surface area (Å²) in [5.41, 5.74) is 0. The molecule has 0 radical (unpaired) electrons. The summed E-state index contributed by atoms with van der Waals surface area (Å²) in [4.78, 5) is 58.6. The lowest BCUT2D eigenvalue weighted by molar-refractivity contribution is -0.161. The molecule has 16 nitrogen and oxygen atoms in total. The minimum atomic E-state index is -4.93. The van der Waals surface area contributed by atoms with E-state index in [0.29, 0.717) is 19.3 Å². The zero-order valence-electron chi connectivity index (χ0n) is 66.1. The Morgan fingerprint density at radius 1 is 0.276 bits per heavy atom. The lowest BCUT2D eigenvalue weighted by Gasteiger charge is -2.21. The maximum atomic E-state index is 12.9. The van der Waals surface area contributed by atoms with Crippen molar-refractivity contribution in [1.82, 2.24) is 0 Å². The summed E-state index contributed by atoms with van der Waals surface area (Å²) >= 11 is 0. The predicted octanol–water partition coefficient (Wildman–Crippen LogP) is 24.7. The number of carbonyl (C=O) groups excluding carboxylic acids is 3. The molecule has 0 saturated heterocycles. The minimum Gasteiger partial charge on any atom is -0.463 e. The first-order chi connectivity index (χ1) is 51.2. The molecular weight excluding hydrogens is 1360 g/mol. The van der Waals surface area contributed by atoms with Crippen molar-refractivity contribution in [3.8, 4) is 0 Å². The Bertz CT molecular complexity index is 2440. The first kappa shape index (κ1) is 101. The number of aliphatic hydroxyl groups excluding tert-OH is 2. The van der Waals surface area contributed by atoms with E-state index in [1.165, 1.54) is 128 Å². The van der Waals surface area contributed by atoms with E-state index in [1.807, 2.05) is 0 Å². The number of hydrogen-bond donors (Lipinski definition) is 4. The van der Waals surface area contributed by atoms with Crippen molar-refractivity contribution in [3.63, 3.8) is 0 Å². The summed E-state index contributed by atoms with van der Waals surface area (Å²) < 4.78 is 61.1. The average molecular weight is 1510 g/mol. The zero-order valence-corrected chi connectivity index (χ0v) is 67.9. The quantitative estimate of drug-likeness (QED) is 0.0146. The largest absolute Gasteiger partial charge is 0.472 e. The van der Waals surface area contributed by atoms with Crippen molar-refractivity contribution >= 4 is 33.6 Å². The molecule has 5 atom stereocenters. The molecule has 604 valence electrons. The fourth-order valence-corrected chi connectivity index (χ4v) is 12.6. The summed E-state index contributed by atoms with van der Waals surface area (Å²) in [6.45, 7) is 2.48. The van der Waals surface area contributed by atoms with Crippen LogP contribution in [-0.4, -0.2) is 95.9 Å². The van der Waals surface area contributed by atoms with Gasteiger partial charge in [-0.15, -0.1) is 0 Å². The molecule has 0 aromatic heterocycles. The highest BCUT2D eigenvalue weighted by atomic mass is 31.2. The van der Waals surface area contributed by atoms with E-state index in [0.717, 1.165) is 154 Å². The molecular formula is C87H150O16P2. The van der Waals surface area contributed by atoms with E-state index < -0.39 is 91.5 Å². The van der Waals surface area contributed by atoms with Gasteiger partial charge in [-0.1, -0.05) is 321 Å². The van der Waals surface area contributed by atoms with Crippen LogP contribution in [0.4, 0.5) is 0 Å². The van der Waals surface area contributed by atoms with Crippen LogP contribution in [-0.2, 0) is 55.8 Å². The molecule has 0 aliphatic rings. The van der Waals surface area contributed by atoms with E-state index in [9.17, 15) is 43.5 Å². The summed E-state index contributed by atoms with van der Waals surface area (Å²) in [6, 6.07) is 0. The van der Waals surface area contributed by atoms with Crippen molar-refractivity contribution in [1.29, 1.82) is 0 Å². The van der Waals surface area contributed by atoms with Crippen molar-refractivity contribution in [2.24, 2.45) is 0 Å². The molecule has 0 rings (SSSR count). The van der Waals surface area contributed by atoms with Gasteiger partial charge in [-0.25, -0.2) is 9.13 Å². The molecule has 0 aliphatic heterocycles. The Morgan fingerprint density at radius 3 is 0.838 bits per heavy atom. The molecule has 5 unspecified atom stereocenters. The van der Waals surface area contributed by atoms with Gasteiger partial charge in [-0.3, -0.25) is 32.5 Å². The lowest BCUT2D eigenvalue weighted by Crippen LogP contribution is -2.30. The molecule has 0 spiro atoms. The molecule has 0 fully saturated rings. The fraction of sp³-hybridized carbons (Fsp3) is 0.713. The van der Waals surface area contributed by atoms with Crippen molar-refractivity contribution < 1.29 is 75.8 Å². The molecule has 0 saturated carbocycles. The van der Waals surface area contributed by atoms with Gasteiger partial charge in [0.05, 0.1) is 26.4 Å². The summed E-state index contributed by atoms with van der Waals surface area (Å²) in [7, 11) is -9.79. The van der Waals surface area contributed by atoms with E-state index in [1.54, 1.807) is 0 Å². The Hall–Kier alpha value is -4.31. The van der Waals surface area contributed by atoms with Gasteiger partial charge in [0.15, 0.2) is 6.10 Å². The second-order valence-electron chi connectivity index (χ2n) is 27.5. The third-order valence-electron chi connectivity index (χ3n) is 17.3. The van der Waals surface area contributed by atoms with Gasteiger partial charge in [0.2, 0.25) is 0 Å². The van der Waals surface area contributed by atoms with E-state index in [2.05, 4.69) is 154 Å². The number of aliphatic hydroxyl groups is 2. The number of unbranched alkanes of at least 4 members (excludes halogenated alkanes) is 33. The second kappa shape index (κ2) is 79.2. The first-order valence-electron chi connectivity index (χ1n) is 41.5. The molecule has 0 aromatic carbocycles. The monoisotopic (exact) mass is 1510 g/mol. The number of phosphoric acid groups is 2. The Labute approximate surface area is 639 Å². The molecule has 4 N–H and O–H groups in total. The van der Waals surface area contributed by atoms with Gasteiger partial charge in [0, 0.05) is 19.3 Å². The van der Waals surface area contributed by atoms with Crippen molar-refractivity contribution in [3.05, 3.63) is 134 Å². The predicted molar refractivity (Wildman–Crippen MR) is 436 cm³/mol. The van der Waals surface area contributed by atoms with Crippen LogP contribution in [0, 0.1) is 0 Å². The highest BCUT2D eigenvalue weighted by molar-refractivity contribution is 7.47. The summed E-state index contributed by atoms with van der Waals surface area (Å²) in [5.74, 6) is -1.60. The molecule has 0 bridgehead atoms. The number of rotatable bonds is 78. The highest BCUT2D eigenvalue weighted by Crippen LogP contribution is 2.45. The zero-order chi connectivity index (χ0) is 76.6. The Balaban J connectivity index is 4.39. The molecule has 105 heavy (non-hydrogen) atoms. The standard InChI is InChI=1S/C87H150O16P2/c1-4-7-10-13-16-19-22-24-26-28-30-32-34-36-37-38-39-40-41-42-43-45-47-48-50-52-54-56-59-61-64-67-70-73-85(90)97-76-82(88)77-99-104(93,94)100-78-83(89)79-101-105(95,96)102-81-84(103-87(92)75-72-69-66-63-58-21-18-15-12-9-6-3)80-98-86(91)74-71-68-65-62-60-57-55-53-51-49-46-44-35-33-31-29-27-25-23-20-17-14-11-8-5-2/h8,11,15-20,24-27,30-33,36-37,44,46,51,53,82-84,88-89H,4-7,9-10,12-14,21-23,28-29,34-35,38-43,45,47-50,52,54-81H2,1-3H3,(H,93,94)(H,95,96)/b11-8-,18-15-,19-16-,20-17-,26-24-,27-25-,32-30-,33-31-,37-36-,46-44-,53-51-. The molecule has 18 heteroatoms. The maximum absolute atomic E-state index is 12.9. The van der Waals surface area contributed by atoms with Gasteiger partial charge < -0.3 is 34.2 Å². The number of allylic oxidation sites excluding steroid dienone is 22. The topological polar surface area (TPSA) is 231 Å². The summed E-state index contributed by atoms with van der Waals surface area (Å²) in [5, 5.41) is 20.6. The van der Waals surface area contributed by atoms with Crippen LogP contribution in [0.1, 0.15) is 342 Å². The van der Waals surface area contributed by atoms with Crippen LogP contribution in [0.2, 0.25) is 0 Å². The van der Waals surface area contributed by atoms with Crippen molar-refractivity contribution in [2.75, 3.05) is 39.6 Å². The number of carbonyl (C=O) groups is 3. The van der Waals surface area contributed by atoms with Crippen LogP contribution in [0.25, 0.3) is 0 Å². The first-order valence-corrected chi connectivity index (χ1v) is 44.5. The third-order valence-corrected chi connectivity index (χ3v) is 19.2. The minimum absolute atomic E-state index is 0.0881. The number of ether oxygens (including phenoxy) is 3. The normalized spacial score (nSPS) is 14.6. The van der Waals surface area contributed by atoms with Gasteiger partial charge in [-0.2, -0.15) is 0 Å². The highest BCUT2D eigenvalue weighted by Gasteiger charge is 2.29. The van der Waals surface area contributed by atoms with Crippen LogP contribution < -0.4 is 0 Å².